The second-order valence-electron chi connectivity index (χ2n) is 5.76. The first-order chi connectivity index (χ1) is 8.25. The highest BCUT2D eigenvalue weighted by Crippen LogP contribution is 2.19. The molecule has 1 heterocycles. The third-order valence-corrected chi connectivity index (χ3v) is 4.09. The molecule has 17 heavy (non-hydrogen) atoms. The Morgan fingerprint density at radius 3 is 2.82 bits per heavy atom. The van der Waals surface area contributed by atoms with Gasteiger partial charge < -0.3 is 15.0 Å². The topological polar surface area (TPSA) is 24.5 Å². The first-order valence-electron chi connectivity index (χ1n) is 7.31. The Morgan fingerprint density at radius 2 is 2.18 bits per heavy atom. The Morgan fingerprint density at radius 1 is 1.35 bits per heavy atom. The molecule has 0 amide bonds. The van der Waals surface area contributed by atoms with Crippen molar-refractivity contribution in [3.63, 3.8) is 0 Å². The number of hydrogen-bond donors (Lipinski definition) is 1. The molecular formula is C14H28N2O. The van der Waals surface area contributed by atoms with E-state index in [1.54, 1.807) is 0 Å². The molecule has 3 nitrogen and oxygen atoms in total. The first-order valence-corrected chi connectivity index (χ1v) is 7.31. The molecule has 0 radical (unpaired) electrons. The van der Waals surface area contributed by atoms with E-state index in [0.29, 0.717) is 6.10 Å². The van der Waals surface area contributed by atoms with Crippen LogP contribution in [0, 0.1) is 0 Å². The van der Waals surface area contributed by atoms with Gasteiger partial charge in [-0.25, -0.2) is 0 Å². The van der Waals surface area contributed by atoms with E-state index < -0.39 is 0 Å². The maximum Gasteiger partial charge on any atom is 0.0559 e. The molecule has 3 heteroatoms. The lowest BCUT2D eigenvalue weighted by atomic mass is 10.1. The molecule has 0 aromatic heterocycles. The van der Waals surface area contributed by atoms with Gasteiger partial charge in [0.1, 0.15) is 0 Å². The predicted molar refractivity (Wildman–Crippen MR) is 71.3 cm³/mol. The molecule has 2 atom stereocenters. The molecule has 2 fully saturated rings. The van der Waals surface area contributed by atoms with Crippen LogP contribution in [0.5, 0.6) is 0 Å². The van der Waals surface area contributed by atoms with Gasteiger partial charge in [-0.1, -0.05) is 0 Å². The minimum atomic E-state index is 0.410. The summed E-state index contributed by atoms with van der Waals surface area (Å²) in [6, 6.07) is 1.60. The summed E-state index contributed by atoms with van der Waals surface area (Å²) in [6.07, 6.45) is 8.24. The molecule has 1 N–H and O–H groups in total. The molecule has 2 unspecified atom stereocenters. The van der Waals surface area contributed by atoms with Gasteiger partial charge in [-0.05, 0) is 65.6 Å². The van der Waals surface area contributed by atoms with E-state index in [1.807, 2.05) is 0 Å². The number of nitrogens with one attached hydrogen (secondary N) is 1. The van der Waals surface area contributed by atoms with Crippen LogP contribution in [-0.2, 0) is 4.74 Å². The fourth-order valence-electron chi connectivity index (χ4n) is 2.61. The minimum absolute atomic E-state index is 0.410. The zero-order valence-corrected chi connectivity index (χ0v) is 11.5. The summed E-state index contributed by atoms with van der Waals surface area (Å²) in [5, 5.41) is 3.54. The molecule has 2 aliphatic rings. The number of likely N-dealkylation sites (tertiary alicyclic amines) is 1. The van der Waals surface area contributed by atoms with Gasteiger partial charge >= 0.3 is 0 Å². The second kappa shape index (κ2) is 6.72. The van der Waals surface area contributed by atoms with Gasteiger partial charge in [0.05, 0.1) is 6.10 Å². The van der Waals surface area contributed by atoms with Crippen LogP contribution < -0.4 is 5.32 Å². The van der Waals surface area contributed by atoms with E-state index in [0.717, 1.165) is 31.7 Å². The Labute approximate surface area is 106 Å². The molecule has 0 bridgehead atoms. The standard InChI is InChI=1S/C14H28N2O/c1-12(7-9-15-13-5-6-13)17-11-8-14-4-3-10-16(14)2/h12-15H,3-11H2,1-2H3. The molecule has 100 valence electrons. The van der Waals surface area contributed by atoms with Gasteiger partial charge in [-0.15, -0.1) is 0 Å². The van der Waals surface area contributed by atoms with E-state index in [4.69, 9.17) is 4.74 Å². The van der Waals surface area contributed by atoms with Gasteiger partial charge in [0.15, 0.2) is 0 Å². The van der Waals surface area contributed by atoms with Gasteiger partial charge in [-0.2, -0.15) is 0 Å². The molecule has 1 saturated heterocycles. The number of nitrogens with zero attached hydrogens (tertiary/aromatic N) is 1. The summed E-state index contributed by atoms with van der Waals surface area (Å²) in [7, 11) is 2.24. The van der Waals surface area contributed by atoms with Gasteiger partial charge in [-0.3, -0.25) is 0 Å². The van der Waals surface area contributed by atoms with Crippen molar-refractivity contribution in [2.45, 2.75) is 63.6 Å². The van der Waals surface area contributed by atoms with Crippen molar-refractivity contribution in [1.82, 2.24) is 10.2 Å². The Balaban J connectivity index is 1.45. The van der Waals surface area contributed by atoms with Crippen molar-refractivity contribution in [3.05, 3.63) is 0 Å². The van der Waals surface area contributed by atoms with Gasteiger partial charge in [0.2, 0.25) is 0 Å². The van der Waals surface area contributed by atoms with Gasteiger partial charge in [0.25, 0.3) is 0 Å². The Kier molecular flexibility index (Phi) is 5.26. The van der Waals surface area contributed by atoms with Crippen LogP contribution in [0.15, 0.2) is 0 Å². The number of hydrogen-bond acceptors (Lipinski definition) is 3. The second-order valence-corrected chi connectivity index (χ2v) is 5.76. The third kappa shape index (κ3) is 4.94. The van der Waals surface area contributed by atoms with Crippen molar-refractivity contribution in [2.75, 3.05) is 26.7 Å². The quantitative estimate of drug-likeness (QED) is 0.702. The Bertz CT molecular complexity index is 218. The summed E-state index contributed by atoms with van der Waals surface area (Å²) in [5.74, 6) is 0. The molecule has 0 aromatic carbocycles. The van der Waals surface area contributed by atoms with E-state index in [-0.39, 0.29) is 0 Å². The van der Waals surface area contributed by atoms with Crippen molar-refractivity contribution >= 4 is 0 Å². The fraction of sp³-hybridized carbons (Fsp3) is 1.00. The lowest BCUT2D eigenvalue weighted by Crippen LogP contribution is -2.27. The van der Waals surface area contributed by atoms with Crippen molar-refractivity contribution < 1.29 is 4.74 Å². The zero-order valence-electron chi connectivity index (χ0n) is 11.5. The highest BCUT2D eigenvalue weighted by atomic mass is 16.5. The lowest BCUT2D eigenvalue weighted by molar-refractivity contribution is 0.0488. The maximum atomic E-state index is 5.89. The van der Waals surface area contributed by atoms with E-state index >= 15 is 0 Å². The summed E-state index contributed by atoms with van der Waals surface area (Å²) >= 11 is 0. The number of rotatable bonds is 8. The van der Waals surface area contributed by atoms with Crippen LogP contribution in [0.3, 0.4) is 0 Å². The molecule has 1 saturated carbocycles. The predicted octanol–water partition coefficient (Wildman–Crippen LogP) is 2.02. The van der Waals surface area contributed by atoms with Gasteiger partial charge in [0, 0.05) is 18.7 Å². The number of ether oxygens (including phenoxy) is 1. The first kappa shape index (κ1) is 13.3. The highest BCUT2D eigenvalue weighted by molar-refractivity contribution is 4.80. The van der Waals surface area contributed by atoms with Crippen LogP contribution in [0.4, 0.5) is 0 Å². The summed E-state index contributed by atoms with van der Waals surface area (Å²) in [6.45, 7) is 5.52. The van der Waals surface area contributed by atoms with Crippen LogP contribution in [-0.4, -0.2) is 49.8 Å². The minimum Gasteiger partial charge on any atom is -0.378 e. The van der Waals surface area contributed by atoms with Crippen LogP contribution >= 0.6 is 0 Å². The molecule has 1 aliphatic heterocycles. The van der Waals surface area contributed by atoms with E-state index in [9.17, 15) is 0 Å². The fourth-order valence-corrected chi connectivity index (χ4v) is 2.61. The average molecular weight is 240 g/mol. The molecule has 0 spiro atoms. The van der Waals surface area contributed by atoms with Crippen molar-refractivity contribution in [1.29, 1.82) is 0 Å². The highest BCUT2D eigenvalue weighted by Gasteiger charge is 2.21. The molecule has 2 rings (SSSR count). The van der Waals surface area contributed by atoms with E-state index in [2.05, 4.69) is 24.2 Å². The molecule has 0 aromatic rings. The van der Waals surface area contributed by atoms with E-state index in [1.165, 1.54) is 38.6 Å². The third-order valence-electron chi connectivity index (χ3n) is 4.09. The zero-order chi connectivity index (χ0) is 12.1. The smallest absolute Gasteiger partial charge is 0.0559 e. The summed E-state index contributed by atoms with van der Waals surface area (Å²) in [4.78, 5) is 2.47. The SMILES string of the molecule is CC(CCNC1CC1)OCCC1CCCN1C. The summed E-state index contributed by atoms with van der Waals surface area (Å²) in [5.41, 5.74) is 0. The average Bonchev–Trinajstić information content (AvgIpc) is 3.03. The molecule has 1 aliphatic carbocycles. The summed E-state index contributed by atoms with van der Waals surface area (Å²) < 4.78 is 5.89. The normalized spacial score (nSPS) is 27.5. The Hall–Kier alpha value is -0.120. The maximum absolute atomic E-state index is 5.89. The largest absolute Gasteiger partial charge is 0.378 e. The van der Waals surface area contributed by atoms with Crippen molar-refractivity contribution in [2.24, 2.45) is 0 Å². The van der Waals surface area contributed by atoms with Crippen LogP contribution in [0.1, 0.15) is 45.4 Å². The van der Waals surface area contributed by atoms with Crippen LogP contribution in [0.25, 0.3) is 0 Å². The van der Waals surface area contributed by atoms with Crippen molar-refractivity contribution in [3.8, 4) is 0 Å². The monoisotopic (exact) mass is 240 g/mol. The van der Waals surface area contributed by atoms with Crippen LogP contribution in [0.2, 0.25) is 0 Å². The molecular weight excluding hydrogens is 212 g/mol. The lowest BCUT2D eigenvalue weighted by Gasteiger charge is -2.20.